The van der Waals surface area contributed by atoms with Crippen LogP contribution < -0.4 is 5.32 Å². The number of nitrogens with one attached hydrogen (secondary N) is 1. The second kappa shape index (κ2) is 10.0. The van der Waals surface area contributed by atoms with Gasteiger partial charge in [0.1, 0.15) is 6.04 Å². The molecular formula is C21H25NO8. The quantitative estimate of drug-likeness (QED) is 0.487. The third kappa shape index (κ3) is 4.06. The number of hydrogen-bond donors (Lipinski definition) is 1. The summed E-state index contributed by atoms with van der Waals surface area (Å²) in [4.78, 5) is 51.6. The van der Waals surface area contributed by atoms with Crippen molar-refractivity contribution in [2.24, 2.45) is 0 Å². The Kier molecular flexibility index (Phi) is 7.71. The zero-order valence-electron chi connectivity index (χ0n) is 17.4. The van der Waals surface area contributed by atoms with Crippen molar-refractivity contribution in [1.29, 1.82) is 0 Å². The molecule has 0 saturated carbocycles. The predicted molar refractivity (Wildman–Crippen MR) is 104 cm³/mol. The summed E-state index contributed by atoms with van der Waals surface area (Å²) < 4.78 is 20.3. The number of carbonyl (C=O) groups is 4. The van der Waals surface area contributed by atoms with E-state index in [-0.39, 0.29) is 36.5 Å². The first-order valence-corrected chi connectivity index (χ1v) is 9.56. The van der Waals surface area contributed by atoms with E-state index in [1.807, 2.05) is 0 Å². The number of hydrogen-bond acceptors (Lipinski definition) is 9. The third-order valence-corrected chi connectivity index (χ3v) is 4.49. The van der Waals surface area contributed by atoms with Gasteiger partial charge >= 0.3 is 23.9 Å². The van der Waals surface area contributed by atoms with Gasteiger partial charge in [-0.25, -0.2) is 19.2 Å². The molecule has 1 N–H and O–H groups in total. The van der Waals surface area contributed by atoms with Gasteiger partial charge < -0.3 is 18.9 Å². The maximum atomic E-state index is 13.1. The fraction of sp³-hybridized carbons (Fsp3) is 0.429. The van der Waals surface area contributed by atoms with Gasteiger partial charge in [-0.3, -0.25) is 5.32 Å². The monoisotopic (exact) mass is 419 g/mol. The minimum atomic E-state index is -1.97. The molecule has 0 fully saturated rings. The molecule has 0 aromatic heterocycles. The van der Waals surface area contributed by atoms with Gasteiger partial charge in [0.2, 0.25) is 0 Å². The van der Waals surface area contributed by atoms with E-state index in [0.29, 0.717) is 0 Å². The standard InChI is InChI=1S/C21H25NO8/c1-5-28-17(23)14-15(18(24)29-6-2)21(20(26)27-4,13-11-9-8-10-12-13)22-16(14)19(25)30-7-3/h8-12,16,22H,5-7H2,1-4H3/t16-,21+/m1/s1. The molecule has 0 saturated heterocycles. The summed E-state index contributed by atoms with van der Waals surface area (Å²) in [5, 5.41) is 2.81. The second-order valence-corrected chi connectivity index (χ2v) is 6.17. The molecule has 0 spiro atoms. The smallest absolute Gasteiger partial charge is 0.337 e. The van der Waals surface area contributed by atoms with Crippen molar-refractivity contribution < 1.29 is 38.1 Å². The van der Waals surface area contributed by atoms with Crippen LogP contribution in [0.5, 0.6) is 0 Å². The minimum absolute atomic E-state index is 0.00938. The Labute approximate surface area is 174 Å². The summed E-state index contributed by atoms with van der Waals surface area (Å²) in [7, 11) is 1.14. The van der Waals surface area contributed by atoms with E-state index in [1.165, 1.54) is 0 Å². The van der Waals surface area contributed by atoms with Crippen molar-refractivity contribution in [3.8, 4) is 0 Å². The highest BCUT2D eigenvalue weighted by Gasteiger charge is 2.60. The van der Waals surface area contributed by atoms with Crippen molar-refractivity contribution in [3.05, 3.63) is 47.0 Å². The lowest BCUT2D eigenvalue weighted by molar-refractivity contribution is -0.152. The molecule has 162 valence electrons. The van der Waals surface area contributed by atoms with Crippen LogP contribution >= 0.6 is 0 Å². The predicted octanol–water partition coefficient (Wildman–Crippen LogP) is 1.01. The molecule has 0 unspecified atom stereocenters. The number of ether oxygens (including phenoxy) is 4. The summed E-state index contributed by atoms with van der Waals surface area (Å²) in [6.07, 6.45) is 0. The Hall–Kier alpha value is -3.20. The maximum Gasteiger partial charge on any atom is 0.337 e. The van der Waals surface area contributed by atoms with E-state index >= 15 is 0 Å². The fourth-order valence-corrected chi connectivity index (χ4v) is 3.35. The Balaban J connectivity index is 2.88. The Morgan fingerprint density at radius 2 is 1.47 bits per heavy atom. The highest BCUT2D eigenvalue weighted by Crippen LogP contribution is 2.41. The van der Waals surface area contributed by atoms with Gasteiger partial charge in [-0.2, -0.15) is 0 Å². The van der Waals surface area contributed by atoms with Gasteiger partial charge in [-0.05, 0) is 26.3 Å². The van der Waals surface area contributed by atoms with Crippen LogP contribution in [0.4, 0.5) is 0 Å². The van der Waals surface area contributed by atoms with Gasteiger partial charge in [0.25, 0.3) is 0 Å². The lowest BCUT2D eigenvalue weighted by Gasteiger charge is -2.30. The molecule has 0 bridgehead atoms. The van der Waals surface area contributed by atoms with Crippen LogP contribution in [0, 0.1) is 0 Å². The molecule has 9 nitrogen and oxygen atoms in total. The largest absolute Gasteiger partial charge is 0.467 e. The van der Waals surface area contributed by atoms with Gasteiger partial charge in [-0.1, -0.05) is 30.3 Å². The normalized spacial score (nSPS) is 20.5. The first-order chi connectivity index (χ1) is 14.4. The maximum absolute atomic E-state index is 13.1. The minimum Gasteiger partial charge on any atom is -0.467 e. The van der Waals surface area contributed by atoms with Crippen molar-refractivity contribution in [1.82, 2.24) is 5.32 Å². The molecule has 1 aromatic rings. The lowest BCUT2D eigenvalue weighted by atomic mass is 9.82. The van der Waals surface area contributed by atoms with Gasteiger partial charge in [0.15, 0.2) is 5.54 Å². The van der Waals surface area contributed by atoms with Crippen molar-refractivity contribution >= 4 is 23.9 Å². The Morgan fingerprint density at radius 1 is 0.900 bits per heavy atom. The van der Waals surface area contributed by atoms with Gasteiger partial charge in [0.05, 0.1) is 38.1 Å². The zero-order chi connectivity index (χ0) is 22.3. The summed E-state index contributed by atoms with van der Waals surface area (Å²) >= 11 is 0. The first-order valence-electron chi connectivity index (χ1n) is 9.56. The summed E-state index contributed by atoms with van der Waals surface area (Å²) in [5.74, 6) is -3.63. The lowest BCUT2D eigenvalue weighted by Crippen LogP contribution is -2.53. The molecule has 1 aliphatic rings. The van der Waals surface area contributed by atoms with Crippen LogP contribution in [-0.2, 0) is 43.7 Å². The SMILES string of the molecule is CCOC(=O)C1=C(C(=O)OCC)[C@](C(=O)OC)(c2ccccc2)N[C@H]1C(=O)OCC. The number of methoxy groups -OCH3 is 1. The third-order valence-electron chi connectivity index (χ3n) is 4.49. The van der Waals surface area contributed by atoms with Crippen LogP contribution in [0.25, 0.3) is 0 Å². The summed E-state index contributed by atoms with van der Waals surface area (Å²) in [6.45, 7) is 4.75. The average Bonchev–Trinajstić information content (AvgIpc) is 3.12. The molecular weight excluding hydrogens is 394 g/mol. The molecule has 9 heteroatoms. The zero-order valence-corrected chi connectivity index (χ0v) is 17.4. The van der Waals surface area contributed by atoms with E-state index in [0.717, 1.165) is 7.11 Å². The molecule has 2 atom stereocenters. The van der Waals surface area contributed by atoms with Gasteiger partial charge in [0, 0.05) is 0 Å². The van der Waals surface area contributed by atoms with Crippen LogP contribution in [0.3, 0.4) is 0 Å². The van der Waals surface area contributed by atoms with Crippen LogP contribution in [0.2, 0.25) is 0 Å². The van der Waals surface area contributed by atoms with E-state index in [4.69, 9.17) is 18.9 Å². The average molecular weight is 419 g/mol. The second-order valence-electron chi connectivity index (χ2n) is 6.17. The molecule has 1 aromatic carbocycles. The molecule has 1 heterocycles. The highest BCUT2D eigenvalue weighted by molar-refractivity contribution is 6.13. The van der Waals surface area contributed by atoms with E-state index in [9.17, 15) is 19.2 Å². The molecule has 1 aliphatic heterocycles. The number of esters is 4. The topological polar surface area (TPSA) is 117 Å². The van der Waals surface area contributed by atoms with Crippen LogP contribution in [-0.4, -0.2) is 56.8 Å². The van der Waals surface area contributed by atoms with E-state index in [1.54, 1.807) is 51.1 Å². The summed E-state index contributed by atoms with van der Waals surface area (Å²) in [5.41, 5.74) is -2.39. The Bertz CT molecular complexity index is 848. The van der Waals surface area contributed by atoms with Crippen LogP contribution in [0.1, 0.15) is 26.3 Å². The van der Waals surface area contributed by atoms with Crippen molar-refractivity contribution in [3.63, 3.8) is 0 Å². The summed E-state index contributed by atoms with van der Waals surface area (Å²) in [6, 6.07) is 6.70. The molecule has 30 heavy (non-hydrogen) atoms. The number of carbonyl (C=O) groups excluding carboxylic acids is 4. The molecule has 2 rings (SSSR count). The molecule has 0 radical (unpaired) electrons. The first kappa shape index (κ1) is 23.1. The highest BCUT2D eigenvalue weighted by atomic mass is 16.5. The van der Waals surface area contributed by atoms with Crippen LogP contribution in [0.15, 0.2) is 41.5 Å². The number of benzene rings is 1. The van der Waals surface area contributed by atoms with Gasteiger partial charge in [-0.15, -0.1) is 0 Å². The van der Waals surface area contributed by atoms with E-state index < -0.39 is 35.5 Å². The molecule has 0 aliphatic carbocycles. The number of rotatable bonds is 8. The Morgan fingerprint density at radius 3 is 2.00 bits per heavy atom. The fourth-order valence-electron chi connectivity index (χ4n) is 3.35. The molecule has 0 amide bonds. The van der Waals surface area contributed by atoms with E-state index in [2.05, 4.69) is 5.32 Å². The van der Waals surface area contributed by atoms with Crippen molar-refractivity contribution in [2.75, 3.05) is 26.9 Å². The van der Waals surface area contributed by atoms with Crippen molar-refractivity contribution in [2.45, 2.75) is 32.4 Å².